The third-order valence-electron chi connectivity index (χ3n) is 7.93. The Labute approximate surface area is 187 Å². The average molecular weight is 444 g/mol. The van der Waals surface area contributed by atoms with Gasteiger partial charge in [0.2, 0.25) is 0 Å². The maximum Gasteiger partial charge on any atom is 0.270 e. The molecule has 0 radical (unpaired) electrons. The lowest BCUT2D eigenvalue weighted by molar-refractivity contribution is -0.0168. The minimum Gasteiger partial charge on any atom is -0.345 e. The van der Waals surface area contributed by atoms with Crippen LogP contribution in [0.4, 0.5) is 0 Å². The van der Waals surface area contributed by atoms with Gasteiger partial charge in [-0.1, -0.05) is 23.2 Å². The summed E-state index contributed by atoms with van der Waals surface area (Å²) in [6.45, 7) is 0. The lowest BCUT2D eigenvalue weighted by atomic mass is 9.53. The van der Waals surface area contributed by atoms with Gasteiger partial charge in [-0.15, -0.1) is 0 Å². The molecule has 6 heteroatoms. The van der Waals surface area contributed by atoms with Crippen molar-refractivity contribution in [1.82, 2.24) is 15.1 Å². The van der Waals surface area contributed by atoms with Crippen molar-refractivity contribution in [3.63, 3.8) is 0 Å². The van der Waals surface area contributed by atoms with Gasteiger partial charge < -0.3 is 5.32 Å². The van der Waals surface area contributed by atoms with E-state index >= 15 is 0 Å². The van der Waals surface area contributed by atoms with Crippen molar-refractivity contribution in [2.24, 2.45) is 17.8 Å². The number of nitrogens with zero attached hydrogens (tertiary/aromatic N) is 2. The van der Waals surface area contributed by atoms with Crippen LogP contribution in [0, 0.1) is 17.8 Å². The van der Waals surface area contributed by atoms with Gasteiger partial charge >= 0.3 is 0 Å². The Morgan fingerprint density at radius 2 is 1.70 bits per heavy atom. The summed E-state index contributed by atoms with van der Waals surface area (Å²) in [5.41, 5.74) is 3.54. The van der Waals surface area contributed by atoms with Crippen LogP contribution in [0.25, 0.3) is 5.69 Å². The summed E-state index contributed by atoms with van der Waals surface area (Å²) >= 11 is 12.6. The molecule has 2 aromatic rings. The molecule has 1 aromatic heterocycles. The van der Waals surface area contributed by atoms with Crippen molar-refractivity contribution >= 4 is 29.1 Å². The van der Waals surface area contributed by atoms with E-state index in [0.29, 0.717) is 15.7 Å². The van der Waals surface area contributed by atoms with Crippen LogP contribution in [0.5, 0.6) is 0 Å². The monoisotopic (exact) mass is 443 g/mol. The molecule has 4 bridgehead atoms. The molecule has 4 nitrogen and oxygen atoms in total. The summed E-state index contributed by atoms with van der Waals surface area (Å²) in [6.07, 6.45) is 11.6. The highest BCUT2D eigenvalue weighted by Gasteiger charge is 2.52. The Bertz CT molecular complexity index is 992. The highest BCUT2D eigenvalue weighted by Crippen LogP contribution is 2.55. The summed E-state index contributed by atoms with van der Waals surface area (Å²) in [5, 5.41) is 9.51. The molecule has 1 aromatic carbocycles. The fourth-order valence-corrected chi connectivity index (χ4v) is 7.67. The number of nitrogens with one attached hydrogen (secondary N) is 1. The number of hydrogen-bond donors (Lipinski definition) is 1. The number of amides is 1. The molecule has 0 atom stereocenters. The van der Waals surface area contributed by atoms with E-state index in [1.54, 1.807) is 10.7 Å². The van der Waals surface area contributed by atoms with Gasteiger partial charge in [0.15, 0.2) is 0 Å². The van der Waals surface area contributed by atoms with Crippen molar-refractivity contribution in [2.45, 2.75) is 69.7 Å². The van der Waals surface area contributed by atoms with E-state index in [1.165, 1.54) is 19.3 Å². The maximum atomic E-state index is 13.8. The number of carbonyl (C=O) groups is 1. The number of hydrogen-bond acceptors (Lipinski definition) is 2. The molecule has 0 aliphatic heterocycles. The van der Waals surface area contributed by atoms with Crippen LogP contribution in [0.3, 0.4) is 0 Å². The predicted octanol–water partition coefficient (Wildman–Crippen LogP) is 5.76. The molecule has 1 amide bonds. The Morgan fingerprint density at radius 3 is 2.37 bits per heavy atom. The van der Waals surface area contributed by atoms with Gasteiger partial charge in [0.1, 0.15) is 5.69 Å². The minimum atomic E-state index is -0.0216. The van der Waals surface area contributed by atoms with Crippen molar-refractivity contribution < 1.29 is 4.79 Å². The predicted molar refractivity (Wildman–Crippen MR) is 119 cm³/mol. The summed E-state index contributed by atoms with van der Waals surface area (Å²) in [5.74, 6) is 2.40. The second-order valence-electron chi connectivity index (χ2n) is 10.1. The number of rotatable bonds is 3. The van der Waals surface area contributed by atoms with Crippen molar-refractivity contribution in [1.29, 1.82) is 0 Å². The van der Waals surface area contributed by atoms with Crippen LogP contribution < -0.4 is 5.32 Å². The molecular weight excluding hydrogens is 417 g/mol. The van der Waals surface area contributed by atoms with Gasteiger partial charge in [-0.05, 0) is 100 Å². The molecule has 7 rings (SSSR count). The molecule has 5 aliphatic carbocycles. The van der Waals surface area contributed by atoms with Gasteiger partial charge in [0, 0.05) is 16.1 Å². The first-order chi connectivity index (χ1) is 14.5. The lowest BCUT2D eigenvalue weighted by Crippen LogP contribution is -2.60. The van der Waals surface area contributed by atoms with E-state index in [2.05, 4.69) is 5.32 Å². The van der Waals surface area contributed by atoms with Gasteiger partial charge in [-0.2, -0.15) is 5.10 Å². The molecule has 1 heterocycles. The van der Waals surface area contributed by atoms with E-state index in [-0.39, 0.29) is 11.4 Å². The Kier molecular flexibility index (Phi) is 4.47. The van der Waals surface area contributed by atoms with Crippen LogP contribution in [0.15, 0.2) is 18.2 Å². The topological polar surface area (TPSA) is 46.9 Å². The number of carbonyl (C=O) groups excluding carboxylic acids is 1. The Morgan fingerprint density at radius 1 is 1.03 bits per heavy atom. The zero-order chi connectivity index (χ0) is 20.5. The highest BCUT2D eigenvalue weighted by atomic mass is 35.5. The molecule has 0 saturated heterocycles. The molecular formula is C24H27Cl2N3O. The number of fused-ring (bicyclic) bond motifs is 1. The third-order valence-corrected chi connectivity index (χ3v) is 8.46. The van der Waals surface area contributed by atoms with Crippen LogP contribution in [0.1, 0.15) is 73.1 Å². The largest absolute Gasteiger partial charge is 0.345 e. The normalized spacial score (nSPS) is 31.6. The average Bonchev–Trinajstić information content (AvgIpc) is 3.05. The molecule has 158 valence electrons. The van der Waals surface area contributed by atoms with Crippen LogP contribution in [0.2, 0.25) is 10.0 Å². The molecule has 1 N–H and O–H groups in total. The zero-order valence-corrected chi connectivity index (χ0v) is 18.6. The van der Waals surface area contributed by atoms with Gasteiger partial charge in [0.05, 0.1) is 16.4 Å². The van der Waals surface area contributed by atoms with Gasteiger partial charge in [0.25, 0.3) is 5.91 Å². The molecule has 0 unspecified atom stereocenters. The van der Waals surface area contributed by atoms with Crippen LogP contribution in [-0.2, 0) is 12.8 Å². The van der Waals surface area contributed by atoms with Crippen molar-refractivity contribution in [3.05, 3.63) is 45.2 Å². The Balaban J connectivity index is 1.40. The standard InChI is InChI=1S/C24H27Cl2N3O/c25-17-5-6-21(19(26)10-17)29-22(18-3-1-2-4-20(18)28-29)23(30)27-24-11-14-7-15(12-24)9-16(8-14)13-24/h5-6,10,14-16H,1-4,7-9,11-13H2,(H,27,30). The highest BCUT2D eigenvalue weighted by molar-refractivity contribution is 6.35. The van der Waals surface area contributed by atoms with Crippen LogP contribution in [-0.4, -0.2) is 21.2 Å². The summed E-state index contributed by atoms with van der Waals surface area (Å²) in [7, 11) is 0. The Hall–Kier alpha value is -1.52. The molecule has 4 saturated carbocycles. The fraction of sp³-hybridized carbons (Fsp3) is 0.583. The second kappa shape index (κ2) is 7.00. The second-order valence-corrected chi connectivity index (χ2v) is 11.0. The maximum absolute atomic E-state index is 13.8. The van der Waals surface area contributed by atoms with E-state index in [1.807, 2.05) is 12.1 Å². The van der Waals surface area contributed by atoms with E-state index in [4.69, 9.17) is 28.3 Å². The smallest absolute Gasteiger partial charge is 0.270 e. The van der Waals surface area contributed by atoms with E-state index in [0.717, 1.165) is 79.6 Å². The first-order valence-electron chi connectivity index (χ1n) is 11.4. The summed E-state index contributed by atoms with van der Waals surface area (Å²) < 4.78 is 1.78. The summed E-state index contributed by atoms with van der Waals surface area (Å²) in [4.78, 5) is 13.8. The third kappa shape index (κ3) is 3.10. The van der Waals surface area contributed by atoms with Crippen molar-refractivity contribution in [2.75, 3.05) is 0 Å². The number of halogens is 2. The molecule has 0 spiro atoms. The lowest BCUT2D eigenvalue weighted by Gasteiger charge is -2.56. The first-order valence-corrected chi connectivity index (χ1v) is 12.1. The zero-order valence-electron chi connectivity index (χ0n) is 17.1. The van der Waals surface area contributed by atoms with Gasteiger partial charge in [-0.3, -0.25) is 4.79 Å². The minimum absolute atomic E-state index is 0.0216. The quantitative estimate of drug-likeness (QED) is 0.655. The SMILES string of the molecule is O=C(NC12CC3CC(CC(C3)C1)C2)c1c2c(nn1-c1ccc(Cl)cc1Cl)CCCC2. The molecule has 5 aliphatic rings. The summed E-state index contributed by atoms with van der Waals surface area (Å²) in [6, 6.07) is 5.40. The van der Waals surface area contributed by atoms with Crippen molar-refractivity contribution in [3.8, 4) is 5.69 Å². The van der Waals surface area contributed by atoms with Gasteiger partial charge in [-0.25, -0.2) is 4.68 Å². The number of aromatic nitrogens is 2. The first kappa shape index (κ1) is 19.2. The van der Waals surface area contributed by atoms with E-state index in [9.17, 15) is 4.79 Å². The molecule has 30 heavy (non-hydrogen) atoms. The number of benzene rings is 1. The van der Waals surface area contributed by atoms with E-state index < -0.39 is 0 Å². The number of aryl methyl sites for hydroxylation is 1. The molecule has 4 fully saturated rings. The fourth-order valence-electron chi connectivity index (χ4n) is 7.18. The van der Waals surface area contributed by atoms with Crippen LogP contribution >= 0.6 is 23.2 Å².